The topological polar surface area (TPSA) is 43.8 Å². The van der Waals surface area contributed by atoms with Gasteiger partial charge in [0, 0.05) is 11.6 Å². The van der Waals surface area contributed by atoms with Crippen LogP contribution in [0.3, 0.4) is 0 Å². The van der Waals surface area contributed by atoms with E-state index in [-0.39, 0.29) is 6.04 Å². The maximum atomic E-state index is 6.31. The molecular weight excluding hydrogens is 281 g/mol. The Kier molecular flexibility index (Phi) is 4.50. The Morgan fingerprint density at radius 2 is 2.05 bits per heavy atom. The van der Waals surface area contributed by atoms with Crippen molar-refractivity contribution in [1.82, 2.24) is 9.78 Å². The molecule has 1 aromatic carbocycles. The molecule has 0 aliphatic carbocycles. The lowest BCUT2D eigenvalue weighted by atomic mass is 10.0. The van der Waals surface area contributed by atoms with E-state index in [0.29, 0.717) is 10.0 Å². The predicted octanol–water partition coefficient (Wildman–Crippen LogP) is 3.96. The van der Waals surface area contributed by atoms with E-state index in [0.717, 1.165) is 29.8 Å². The standard InChI is InChI=1S/C14H17Cl2N3/c1-3-6-19-14(12(16)8-18-19)13(17)10-5-4-9(2)7-11(10)15/h4-5,7-8,13H,3,6,17H2,1-2H3. The molecular formula is C14H17Cl2N3. The fourth-order valence-corrected chi connectivity index (χ4v) is 2.71. The van der Waals surface area contributed by atoms with Crippen LogP contribution in [0.15, 0.2) is 24.4 Å². The van der Waals surface area contributed by atoms with E-state index in [9.17, 15) is 0 Å². The molecule has 0 spiro atoms. The zero-order valence-corrected chi connectivity index (χ0v) is 12.5. The fourth-order valence-electron chi connectivity index (χ4n) is 2.10. The fraction of sp³-hybridized carbons (Fsp3) is 0.357. The molecule has 1 unspecified atom stereocenters. The van der Waals surface area contributed by atoms with Crippen LogP contribution in [0.5, 0.6) is 0 Å². The highest BCUT2D eigenvalue weighted by molar-refractivity contribution is 6.32. The van der Waals surface area contributed by atoms with Gasteiger partial charge in [0.05, 0.1) is 23.0 Å². The van der Waals surface area contributed by atoms with Crippen molar-refractivity contribution in [2.24, 2.45) is 5.73 Å². The summed E-state index contributed by atoms with van der Waals surface area (Å²) in [5.74, 6) is 0. The second-order valence-electron chi connectivity index (χ2n) is 4.60. The molecule has 0 aliphatic rings. The summed E-state index contributed by atoms with van der Waals surface area (Å²) >= 11 is 12.5. The number of halogens is 2. The van der Waals surface area contributed by atoms with E-state index >= 15 is 0 Å². The summed E-state index contributed by atoms with van der Waals surface area (Å²) in [6.45, 7) is 4.87. The normalized spacial score (nSPS) is 12.7. The summed E-state index contributed by atoms with van der Waals surface area (Å²) in [6.07, 6.45) is 2.61. The van der Waals surface area contributed by atoms with Crippen LogP contribution in [0, 0.1) is 6.92 Å². The zero-order valence-electron chi connectivity index (χ0n) is 11.0. The zero-order chi connectivity index (χ0) is 14.0. The molecule has 5 heteroatoms. The average Bonchev–Trinajstić information content (AvgIpc) is 2.70. The number of benzene rings is 1. The number of aryl methyl sites for hydroxylation is 2. The van der Waals surface area contributed by atoms with Crippen LogP contribution in [0.25, 0.3) is 0 Å². The van der Waals surface area contributed by atoms with Crippen molar-refractivity contribution in [3.63, 3.8) is 0 Å². The summed E-state index contributed by atoms with van der Waals surface area (Å²) in [6, 6.07) is 5.48. The molecule has 0 radical (unpaired) electrons. The van der Waals surface area contributed by atoms with E-state index < -0.39 is 0 Å². The maximum Gasteiger partial charge on any atom is 0.0837 e. The predicted molar refractivity (Wildman–Crippen MR) is 79.7 cm³/mol. The lowest BCUT2D eigenvalue weighted by Gasteiger charge is -2.16. The van der Waals surface area contributed by atoms with Crippen LogP contribution in [0.4, 0.5) is 0 Å². The van der Waals surface area contributed by atoms with Crippen molar-refractivity contribution >= 4 is 23.2 Å². The minimum atomic E-state index is -0.366. The van der Waals surface area contributed by atoms with Crippen LogP contribution in [-0.4, -0.2) is 9.78 Å². The van der Waals surface area contributed by atoms with E-state index in [1.807, 2.05) is 29.8 Å². The molecule has 1 atom stereocenters. The van der Waals surface area contributed by atoms with Crippen molar-refractivity contribution in [3.05, 3.63) is 51.3 Å². The second kappa shape index (κ2) is 5.95. The number of nitrogens with zero attached hydrogens (tertiary/aromatic N) is 2. The third-order valence-electron chi connectivity index (χ3n) is 3.05. The smallest absolute Gasteiger partial charge is 0.0837 e. The van der Waals surface area contributed by atoms with Crippen LogP contribution < -0.4 is 5.73 Å². The highest BCUT2D eigenvalue weighted by Crippen LogP contribution is 2.31. The summed E-state index contributed by atoms with van der Waals surface area (Å²) in [5, 5.41) is 5.50. The largest absolute Gasteiger partial charge is 0.319 e. The van der Waals surface area contributed by atoms with Gasteiger partial charge in [0.15, 0.2) is 0 Å². The molecule has 2 N–H and O–H groups in total. The van der Waals surface area contributed by atoms with Gasteiger partial charge >= 0.3 is 0 Å². The first kappa shape index (κ1) is 14.4. The van der Waals surface area contributed by atoms with E-state index in [1.54, 1.807) is 6.20 Å². The van der Waals surface area contributed by atoms with Gasteiger partial charge in [0.25, 0.3) is 0 Å². The molecule has 0 saturated carbocycles. The van der Waals surface area contributed by atoms with Gasteiger partial charge in [-0.25, -0.2) is 0 Å². The quantitative estimate of drug-likeness (QED) is 0.928. The summed E-state index contributed by atoms with van der Waals surface area (Å²) in [4.78, 5) is 0. The Morgan fingerprint density at radius 1 is 1.32 bits per heavy atom. The van der Waals surface area contributed by atoms with E-state index in [4.69, 9.17) is 28.9 Å². The molecule has 0 aliphatic heterocycles. The number of nitrogens with two attached hydrogens (primary N) is 1. The van der Waals surface area contributed by atoms with E-state index in [1.165, 1.54) is 0 Å². The number of hydrogen-bond acceptors (Lipinski definition) is 2. The summed E-state index contributed by atoms with van der Waals surface area (Å²) in [7, 11) is 0. The van der Waals surface area contributed by atoms with Crippen LogP contribution in [-0.2, 0) is 6.54 Å². The van der Waals surface area contributed by atoms with Gasteiger partial charge < -0.3 is 5.73 Å². The molecule has 0 fully saturated rings. The van der Waals surface area contributed by atoms with Gasteiger partial charge in [-0.2, -0.15) is 5.10 Å². The van der Waals surface area contributed by atoms with E-state index in [2.05, 4.69) is 12.0 Å². The second-order valence-corrected chi connectivity index (χ2v) is 5.42. The summed E-state index contributed by atoms with van der Waals surface area (Å²) in [5.41, 5.74) is 9.10. The Bertz CT molecular complexity index is 578. The minimum Gasteiger partial charge on any atom is -0.319 e. The van der Waals surface area contributed by atoms with Crippen molar-refractivity contribution in [1.29, 1.82) is 0 Å². The lowest BCUT2D eigenvalue weighted by molar-refractivity contribution is 0.560. The van der Waals surface area contributed by atoms with Gasteiger partial charge in [-0.3, -0.25) is 4.68 Å². The average molecular weight is 298 g/mol. The molecule has 102 valence electrons. The molecule has 2 aromatic rings. The molecule has 19 heavy (non-hydrogen) atoms. The molecule has 3 nitrogen and oxygen atoms in total. The van der Waals surface area contributed by atoms with Crippen molar-refractivity contribution < 1.29 is 0 Å². The van der Waals surface area contributed by atoms with Gasteiger partial charge in [0.2, 0.25) is 0 Å². The van der Waals surface area contributed by atoms with Crippen molar-refractivity contribution in [2.45, 2.75) is 32.9 Å². The van der Waals surface area contributed by atoms with Crippen LogP contribution >= 0.6 is 23.2 Å². The third-order valence-corrected chi connectivity index (χ3v) is 3.67. The number of hydrogen-bond donors (Lipinski definition) is 1. The van der Waals surface area contributed by atoms with Gasteiger partial charge in [-0.15, -0.1) is 0 Å². The minimum absolute atomic E-state index is 0.366. The molecule has 0 bridgehead atoms. The number of rotatable bonds is 4. The number of aromatic nitrogens is 2. The van der Waals surface area contributed by atoms with Crippen LogP contribution in [0.1, 0.15) is 36.2 Å². The first-order valence-electron chi connectivity index (χ1n) is 6.27. The van der Waals surface area contributed by atoms with Crippen molar-refractivity contribution in [2.75, 3.05) is 0 Å². The van der Waals surface area contributed by atoms with Crippen molar-refractivity contribution in [3.8, 4) is 0 Å². The first-order valence-corrected chi connectivity index (χ1v) is 7.03. The third kappa shape index (κ3) is 2.94. The SMILES string of the molecule is CCCn1ncc(Cl)c1C(N)c1ccc(C)cc1Cl. The maximum absolute atomic E-state index is 6.31. The molecule has 1 aromatic heterocycles. The highest BCUT2D eigenvalue weighted by atomic mass is 35.5. The highest BCUT2D eigenvalue weighted by Gasteiger charge is 2.20. The van der Waals surface area contributed by atoms with Gasteiger partial charge in [0.1, 0.15) is 0 Å². The molecule has 2 rings (SSSR count). The Hall–Kier alpha value is -1.03. The lowest BCUT2D eigenvalue weighted by Crippen LogP contribution is -2.18. The Balaban J connectivity index is 2.43. The van der Waals surface area contributed by atoms with Gasteiger partial charge in [-0.1, -0.05) is 42.3 Å². The van der Waals surface area contributed by atoms with Gasteiger partial charge in [-0.05, 0) is 30.5 Å². The van der Waals surface area contributed by atoms with Crippen LogP contribution in [0.2, 0.25) is 10.0 Å². The summed E-state index contributed by atoms with van der Waals surface area (Å²) < 4.78 is 1.85. The molecule has 0 saturated heterocycles. The monoisotopic (exact) mass is 297 g/mol. The molecule has 0 amide bonds. The molecule has 1 heterocycles. The Labute approximate surface area is 123 Å². The first-order chi connectivity index (χ1) is 9.04. The Morgan fingerprint density at radius 3 is 2.68 bits per heavy atom.